The molecule has 0 saturated heterocycles. The Morgan fingerprint density at radius 3 is 2.47 bits per heavy atom. The second-order valence-electron chi connectivity index (χ2n) is 3.86. The first kappa shape index (κ1) is 11.5. The van der Waals surface area contributed by atoms with Crippen LogP contribution in [0.2, 0.25) is 0 Å². The van der Waals surface area contributed by atoms with Gasteiger partial charge in [-0.1, -0.05) is 0 Å². The molecule has 0 unspecified atom stereocenters. The van der Waals surface area contributed by atoms with Crippen molar-refractivity contribution in [1.29, 1.82) is 0 Å². The molecule has 1 aromatic heterocycles. The number of nitrogens with one attached hydrogen (secondary N) is 1. The Hall–Kier alpha value is -1.53. The third kappa shape index (κ3) is 2.97. The predicted octanol–water partition coefficient (Wildman–Crippen LogP) is 1.70. The number of carbonyl (C=O) groups is 1. The summed E-state index contributed by atoms with van der Waals surface area (Å²) in [7, 11) is 0. The maximum absolute atomic E-state index is 12.3. The van der Waals surface area contributed by atoms with Crippen molar-refractivity contribution < 1.29 is 18.3 Å². The highest BCUT2D eigenvalue weighted by Gasteiger charge is 2.27. The van der Waals surface area contributed by atoms with Crippen LogP contribution in [0.15, 0.2) is 0 Å². The van der Waals surface area contributed by atoms with E-state index >= 15 is 0 Å². The number of alkyl halides is 2. The van der Waals surface area contributed by atoms with Gasteiger partial charge in [-0.2, -0.15) is 10.3 Å². The number of ether oxygens (including phenoxy) is 1. The minimum Gasteiger partial charge on any atom is -0.455 e. The number of esters is 1. The number of nitrogens with zero attached hydrogens (tertiary/aromatic N) is 2. The van der Waals surface area contributed by atoms with Crippen LogP contribution in [0.5, 0.6) is 0 Å². The lowest BCUT2D eigenvalue weighted by molar-refractivity contribution is 0.00549. The molecule has 1 rings (SSSR count). The number of rotatable bonds is 2. The Balaban J connectivity index is 2.87. The van der Waals surface area contributed by atoms with E-state index < -0.39 is 29.4 Å². The van der Waals surface area contributed by atoms with Gasteiger partial charge in [-0.15, -0.1) is 5.10 Å². The van der Waals surface area contributed by atoms with Gasteiger partial charge >= 0.3 is 5.97 Å². The van der Waals surface area contributed by atoms with E-state index in [0.29, 0.717) is 0 Å². The molecule has 1 heterocycles. The molecule has 0 aliphatic rings. The van der Waals surface area contributed by atoms with Crippen LogP contribution in [0.25, 0.3) is 0 Å². The lowest BCUT2D eigenvalue weighted by Gasteiger charge is -2.18. The summed E-state index contributed by atoms with van der Waals surface area (Å²) in [5, 5.41) is 8.48. The van der Waals surface area contributed by atoms with E-state index in [2.05, 4.69) is 10.2 Å². The van der Waals surface area contributed by atoms with E-state index in [4.69, 9.17) is 4.74 Å². The largest absolute Gasteiger partial charge is 0.455 e. The molecular formula is C8H11F2N3O2. The number of carbonyl (C=O) groups excluding carboxylic acids is 1. The molecule has 0 fully saturated rings. The number of H-pyrrole nitrogens is 1. The highest BCUT2D eigenvalue weighted by atomic mass is 19.3. The van der Waals surface area contributed by atoms with Gasteiger partial charge in [0.1, 0.15) is 5.60 Å². The summed E-state index contributed by atoms with van der Waals surface area (Å²) in [5.41, 5.74) is -1.92. The molecule has 0 spiro atoms. The van der Waals surface area contributed by atoms with Gasteiger partial charge in [0.05, 0.1) is 0 Å². The standard InChI is InChI=1S/C8H11F2N3O2/c1-8(2,3)15-7(14)5-4(6(9)10)11-13-12-5/h6H,1-3H3,(H,11,12,13). The third-order valence-corrected chi connectivity index (χ3v) is 1.37. The molecule has 7 heteroatoms. The van der Waals surface area contributed by atoms with E-state index in [1.54, 1.807) is 20.8 Å². The SMILES string of the molecule is CC(C)(C)OC(=O)c1n[nH]nc1C(F)F. The van der Waals surface area contributed by atoms with Crippen molar-refractivity contribution in [3.63, 3.8) is 0 Å². The van der Waals surface area contributed by atoms with Crippen molar-refractivity contribution in [2.75, 3.05) is 0 Å². The fraction of sp³-hybridized carbons (Fsp3) is 0.625. The first-order valence-electron chi connectivity index (χ1n) is 4.23. The number of hydrogen-bond donors (Lipinski definition) is 1. The first-order chi connectivity index (χ1) is 6.81. The summed E-state index contributed by atoms with van der Waals surface area (Å²) < 4.78 is 29.5. The second-order valence-corrected chi connectivity index (χ2v) is 3.86. The van der Waals surface area contributed by atoms with Gasteiger partial charge in [0.15, 0.2) is 11.4 Å². The normalized spacial score (nSPS) is 11.9. The molecule has 0 amide bonds. The van der Waals surface area contributed by atoms with E-state index in [0.717, 1.165) is 0 Å². The average molecular weight is 219 g/mol. The molecule has 5 nitrogen and oxygen atoms in total. The van der Waals surface area contributed by atoms with Gasteiger partial charge in [-0.25, -0.2) is 13.6 Å². The van der Waals surface area contributed by atoms with Crippen LogP contribution in [0.1, 0.15) is 43.4 Å². The van der Waals surface area contributed by atoms with Crippen molar-refractivity contribution in [2.45, 2.75) is 32.8 Å². The first-order valence-corrected chi connectivity index (χ1v) is 4.23. The molecule has 1 aromatic rings. The highest BCUT2D eigenvalue weighted by Crippen LogP contribution is 2.20. The summed E-state index contributed by atoms with van der Waals surface area (Å²) >= 11 is 0. The van der Waals surface area contributed by atoms with E-state index in [1.165, 1.54) is 0 Å². The van der Waals surface area contributed by atoms with Crippen molar-refractivity contribution >= 4 is 5.97 Å². The fourth-order valence-corrected chi connectivity index (χ4v) is 0.868. The van der Waals surface area contributed by atoms with Crippen LogP contribution in [0.4, 0.5) is 8.78 Å². The van der Waals surface area contributed by atoms with Crippen molar-refractivity contribution in [3.05, 3.63) is 11.4 Å². The number of hydrogen-bond acceptors (Lipinski definition) is 4. The lowest BCUT2D eigenvalue weighted by atomic mass is 10.2. The summed E-state index contributed by atoms with van der Waals surface area (Å²) in [5.74, 6) is -0.911. The molecular weight excluding hydrogens is 208 g/mol. The zero-order chi connectivity index (χ0) is 11.6. The summed E-state index contributed by atoms with van der Waals surface area (Å²) in [4.78, 5) is 11.4. The molecule has 0 aliphatic carbocycles. The molecule has 0 radical (unpaired) electrons. The number of aromatic nitrogens is 3. The minimum atomic E-state index is -2.86. The van der Waals surface area contributed by atoms with Gasteiger partial charge in [0.25, 0.3) is 6.43 Å². The maximum Gasteiger partial charge on any atom is 0.361 e. The van der Waals surface area contributed by atoms with Crippen molar-refractivity contribution in [3.8, 4) is 0 Å². The van der Waals surface area contributed by atoms with Gasteiger partial charge in [0, 0.05) is 0 Å². The molecule has 0 bridgehead atoms. The topological polar surface area (TPSA) is 67.9 Å². The van der Waals surface area contributed by atoms with Crippen LogP contribution in [0, 0.1) is 0 Å². The quantitative estimate of drug-likeness (QED) is 0.768. The van der Waals surface area contributed by atoms with Crippen LogP contribution in [-0.4, -0.2) is 27.0 Å². The number of aromatic amines is 1. The Kier molecular flexibility index (Phi) is 3.01. The Morgan fingerprint density at radius 1 is 1.40 bits per heavy atom. The molecule has 0 atom stereocenters. The maximum atomic E-state index is 12.3. The summed E-state index contributed by atoms with van der Waals surface area (Å²) in [6, 6.07) is 0. The predicted molar refractivity (Wildman–Crippen MR) is 46.5 cm³/mol. The molecule has 84 valence electrons. The van der Waals surface area contributed by atoms with Crippen molar-refractivity contribution in [2.24, 2.45) is 0 Å². The second kappa shape index (κ2) is 3.92. The molecule has 0 aliphatic heterocycles. The van der Waals surface area contributed by atoms with E-state index in [1.807, 2.05) is 5.21 Å². The van der Waals surface area contributed by atoms with E-state index in [-0.39, 0.29) is 0 Å². The average Bonchev–Trinajstić information content (AvgIpc) is 2.47. The zero-order valence-corrected chi connectivity index (χ0v) is 8.54. The highest BCUT2D eigenvalue weighted by molar-refractivity contribution is 5.88. The fourth-order valence-electron chi connectivity index (χ4n) is 0.868. The van der Waals surface area contributed by atoms with Gasteiger partial charge in [-0.05, 0) is 20.8 Å². The number of halogens is 2. The van der Waals surface area contributed by atoms with Gasteiger partial charge < -0.3 is 4.74 Å². The Bertz CT molecular complexity index is 357. The van der Waals surface area contributed by atoms with Crippen LogP contribution >= 0.6 is 0 Å². The molecule has 15 heavy (non-hydrogen) atoms. The minimum absolute atomic E-state index is 0.472. The van der Waals surface area contributed by atoms with Crippen molar-refractivity contribution in [1.82, 2.24) is 15.4 Å². The Labute approximate surface area is 84.8 Å². The summed E-state index contributed by atoms with van der Waals surface area (Å²) in [6.45, 7) is 4.90. The van der Waals surface area contributed by atoms with Gasteiger partial charge in [-0.3, -0.25) is 0 Å². The monoisotopic (exact) mass is 219 g/mol. The molecule has 1 N–H and O–H groups in total. The van der Waals surface area contributed by atoms with Crippen LogP contribution < -0.4 is 0 Å². The lowest BCUT2D eigenvalue weighted by Crippen LogP contribution is -2.24. The van der Waals surface area contributed by atoms with Gasteiger partial charge in [0.2, 0.25) is 0 Å². The third-order valence-electron chi connectivity index (χ3n) is 1.37. The molecule has 0 saturated carbocycles. The van der Waals surface area contributed by atoms with Crippen LogP contribution in [0.3, 0.4) is 0 Å². The smallest absolute Gasteiger partial charge is 0.361 e. The summed E-state index contributed by atoms with van der Waals surface area (Å²) in [6.07, 6.45) is -2.86. The van der Waals surface area contributed by atoms with Crippen LogP contribution in [-0.2, 0) is 4.74 Å². The zero-order valence-electron chi connectivity index (χ0n) is 8.54. The molecule has 0 aromatic carbocycles. The van der Waals surface area contributed by atoms with E-state index in [9.17, 15) is 13.6 Å². The Morgan fingerprint density at radius 2 is 2.00 bits per heavy atom.